The molecule has 1 fully saturated rings. The van der Waals surface area contributed by atoms with Crippen LogP contribution in [0.1, 0.15) is 33.6 Å². The number of likely N-dealkylation sites (tertiary alicyclic amines) is 1. The maximum Gasteiger partial charge on any atom is 0.270 e. The summed E-state index contributed by atoms with van der Waals surface area (Å²) in [5, 5.41) is 11.0. The van der Waals surface area contributed by atoms with Crippen LogP contribution >= 0.6 is 0 Å². The zero-order chi connectivity index (χ0) is 21.1. The largest absolute Gasteiger partial charge is 0.496 e. The summed E-state index contributed by atoms with van der Waals surface area (Å²) in [6.07, 6.45) is 0.551. The molecule has 0 atom stereocenters. The fraction of sp³-hybridized carbons (Fsp3) is 0.300. The number of nitro groups is 1. The highest BCUT2D eigenvalue weighted by atomic mass is 19.1. The van der Waals surface area contributed by atoms with Crippen LogP contribution in [-0.2, 0) is 0 Å². The van der Waals surface area contributed by atoms with Crippen molar-refractivity contribution in [1.82, 2.24) is 4.90 Å². The van der Waals surface area contributed by atoms with E-state index in [-0.39, 0.29) is 48.5 Å². The number of ether oxygens (including phenoxy) is 1. The number of amides is 1. The summed E-state index contributed by atoms with van der Waals surface area (Å²) in [5.74, 6) is -2.75. The van der Waals surface area contributed by atoms with Crippen molar-refractivity contribution in [3.8, 4) is 5.75 Å². The smallest absolute Gasteiger partial charge is 0.270 e. The van der Waals surface area contributed by atoms with E-state index in [1.807, 2.05) is 0 Å². The molecule has 152 valence electrons. The number of hydrogen-bond acceptors (Lipinski definition) is 5. The molecule has 1 amide bonds. The number of nitrogens with zero attached hydrogens (tertiary/aromatic N) is 2. The first-order valence-corrected chi connectivity index (χ1v) is 8.92. The van der Waals surface area contributed by atoms with Crippen molar-refractivity contribution < 1.29 is 28.0 Å². The Morgan fingerprint density at radius 2 is 1.79 bits per heavy atom. The minimum absolute atomic E-state index is 0.0580. The lowest BCUT2D eigenvalue weighted by Crippen LogP contribution is -2.40. The predicted octanol–water partition coefficient (Wildman–Crippen LogP) is 3.62. The molecule has 7 nitrogen and oxygen atoms in total. The molecule has 0 unspecified atom stereocenters. The number of hydrogen-bond donors (Lipinski definition) is 0. The van der Waals surface area contributed by atoms with Gasteiger partial charge in [-0.3, -0.25) is 19.7 Å². The van der Waals surface area contributed by atoms with Crippen molar-refractivity contribution >= 4 is 17.4 Å². The third-order valence-corrected chi connectivity index (χ3v) is 4.97. The molecule has 3 rings (SSSR count). The van der Waals surface area contributed by atoms with Crippen LogP contribution in [0.25, 0.3) is 0 Å². The van der Waals surface area contributed by atoms with Gasteiger partial charge in [0.1, 0.15) is 17.4 Å². The first-order chi connectivity index (χ1) is 13.8. The maximum atomic E-state index is 13.9. The van der Waals surface area contributed by atoms with Crippen LogP contribution in [-0.4, -0.2) is 41.7 Å². The third-order valence-electron chi connectivity index (χ3n) is 4.97. The molecule has 1 aliphatic rings. The number of carbonyl (C=O) groups is 2. The second-order valence-electron chi connectivity index (χ2n) is 6.70. The van der Waals surface area contributed by atoms with Crippen molar-refractivity contribution in [2.24, 2.45) is 5.92 Å². The van der Waals surface area contributed by atoms with E-state index in [1.54, 1.807) is 0 Å². The molecule has 0 aliphatic carbocycles. The SMILES string of the molecule is COc1ccc([N+](=O)[O-])cc1C(=O)N1CCC(C(=O)c2cc(F)ccc2F)CC1. The Balaban J connectivity index is 1.73. The molecular formula is C20H18F2N2O5. The Labute approximate surface area is 165 Å². The highest BCUT2D eigenvalue weighted by Gasteiger charge is 2.31. The van der Waals surface area contributed by atoms with E-state index in [1.165, 1.54) is 24.1 Å². The molecule has 9 heteroatoms. The zero-order valence-corrected chi connectivity index (χ0v) is 15.6. The Hall–Kier alpha value is -3.36. The van der Waals surface area contributed by atoms with E-state index < -0.39 is 34.2 Å². The average Bonchev–Trinajstić information content (AvgIpc) is 2.74. The van der Waals surface area contributed by atoms with Gasteiger partial charge in [-0.15, -0.1) is 0 Å². The van der Waals surface area contributed by atoms with E-state index >= 15 is 0 Å². The van der Waals surface area contributed by atoms with Crippen molar-refractivity contribution in [2.75, 3.05) is 20.2 Å². The van der Waals surface area contributed by atoms with Gasteiger partial charge < -0.3 is 9.64 Å². The highest BCUT2D eigenvalue weighted by Crippen LogP contribution is 2.28. The van der Waals surface area contributed by atoms with E-state index in [0.717, 1.165) is 24.3 Å². The Kier molecular flexibility index (Phi) is 5.86. The summed E-state index contributed by atoms with van der Waals surface area (Å²) in [5.41, 5.74) is -0.474. The minimum atomic E-state index is -0.781. The first-order valence-electron chi connectivity index (χ1n) is 8.92. The molecule has 0 saturated carbocycles. The van der Waals surface area contributed by atoms with Gasteiger partial charge in [0.25, 0.3) is 11.6 Å². The minimum Gasteiger partial charge on any atom is -0.496 e. The van der Waals surface area contributed by atoms with Gasteiger partial charge in [-0.2, -0.15) is 0 Å². The summed E-state index contributed by atoms with van der Waals surface area (Å²) in [4.78, 5) is 37.2. The molecule has 0 aromatic heterocycles. The second-order valence-corrected chi connectivity index (χ2v) is 6.70. The van der Waals surface area contributed by atoms with Crippen LogP contribution in [0.15, 0.2) is 36.4 Å². The summed E-state index contributed by atoms with van der Waals surface area (Å²) in [7, 11) is 1.36. The number of piperidine rings is 1. The quantitative estimate of drug-likeness (QED) is 0.431. The molecule has 2 aromatic rings. The normalized spacial score (nSPS) is 14.5. The van der Waals surface area contributed by atoms with Gasteiger partial charge in [0.2, 0.25) is 0 Å². The van der Waals surface area contributed by atoms with Crippen molar-refractivity contribution in [2.45, 2.75) is 12.8 Å². The number of ketones is 1. The summed E-state index contributed by atoms with van der Waals surface area (Å²) in [6, 6.07) is 6.49. The molecule has 0 bridgehead atoms. The highest BCUT2D eigenvalue weighted by molar-refractivity contribution is 5.99. The number of methoxy groups -OCH3 is 1. The number of halogens is 2. The van der Waals surface area contributed by atoms with Gasteiger partial charge >= 0.3 is 0 Å². The van der Waals surface area contributed by atoms with Crippen LogP contribution in [0.2, 0.25) is 0 Å². The lowest BCUT2D eigenvalue weighted by Gasteiger charge is -2.31. The van der Waals surface area contributed by atoms with Gasteiger partial charge in [0.15, 0.2) is 5.78 Å². The number of Topliss-reactive ketones (excluding diaryl/α,β-unsaturated/α-hetero) is 1. The fourth-order valence-corrected chi connectivity index (χ4v) is 3.40. The number of nitro benzene ring substituents is 1. The lowest BCUT2D eigenvalue weighted by molar-refractivity contribution is -0.384. The van der Waals surface area contributed by atoms with Gasteiger partial charge in [-0.05, 0) is 37.1 Å². The molecule has 1 saturated heterocycles. The second kappa shape index (κ2) is 8.34. The van der Waals surface area contributed by atoms with Gasteiger partial charge in [0, 0.05) is 31.1 Å². The standard InChI is InChI=1S/C20H18F2N2O5/c1-29-18-5-3-14(24(27)28)11-16(18)20(26)23-8-6-12(7-9-23)19(25)15-10-13(21)2-4-17(15)22/h2-5,10-12H,6-9H2,1H3. The maximum absolute atomic E-state index is 13.9. The van der Waals surface area contributed by atoms with Crippen molar-refractivity contribution in [3.05, 3.63) is 69.3 Å². The molecule has 29 heavy (non-hydrogen) atoms. The number of rotatable bonds is 5. The third kappa shape index (κ3) is 4.23. The molecule has 1 aliphatic heterocycles. The summed E-state index contributed by atoms with van der Waals surface area (Å²) < 4.78 is 32.4. The van der Waals surface area contributed by atoms with Crippen molar-refractivity contribution in [1.29, 1.82) is 0 Å². The zero-order valence-electron chi connectivity index (χ0n) is 15.6. The molecule has 0 N–H and O–H groups in total. The van der Waals surface area contributed by atoms with Crippen LogP contribution < -0.4 is 4.74 Å². The number of benzene rings is 2. The fourth-order valence-electron chi connectivity index (χ4n) is 3.40. The predicted molar refractivity (Wildman–Crippen MR) is 99.0 cm³/mol. The monoisotopic (exact) mass is 404 g/mol. The summed E-state index contributed by atoms with van der Waals surface area (Å²) in [6.45, 7) is 0.413. The van der Waals surface area contributed by atoms with Gasteiger partial charge in [-0.1, -0.05) is 0 Å². The van der Waals surface area contributed by atoms with Crippen LogP contribution in [0.4, 0.5) is 14.5 Å². The Morgan fingerprint density at radius 3 is 2.41 bits per heavy atom. The van der Waals surface area contributed by atoms with E-state index in [9.17, 15) is 28.5 Å². The van der Waals surface area contributed by atoms with Crippen LogP contribution in [0, 0.1) is 27.7 Å². The Bertz CT molecular complexity index is 971. The molecular weight excluding hydrogens is 386 g/mol. The molecule has 2 aromatic carbocycles. The van der Waals surface area contributed by atoms with Crippen molar-refractivity contribution in [3.63, 3.8) is 0 Å². The first kappa shape index (κ1) is 20.4. The molecule has 1 heterocycles. The Morgan fingerprint density at radius 1 is 1.10 bits per heavy atom. The summed E-state index contributed by atoms with van der Waals surface area (Å²) >= 11 is 0. The number of carbonyl (C=O) groups excluding carboxylic acids is 2. The number of non-ortho nitro benzene ring substituents is 1. The molecule has 0 spiro atoms. The topological polar surface area (TPSA) is 89.8 Å². The average molecular weight is 404 g/mol. The van der Waals surface area contributed by atoms with E-state index in [4.69, 9.17) is 4.74 Å². The van der Waals surface area contributed by atoms with Crippen LogP contribution in [0.5, 0.6) is 5.75 Å². The van der Waals surface area contributed by atoms with E-state index in [0.29, 0.717) is 0 Å². The van der Waals surface area contributed by atoms with Gasteiger partial charge in [0.05, 0.1) is 23.2 Å². The lowest BCUT2D eigenvalue weighted by atomic mass is 9.88. The van der Waals surface area contributed by atoms with Gasteiger partial charge in [-0.25, -0.2) is 8.78 Å². The van der Waals surface area contributed by atoms with Crippen LogP contribution in [0.3, 0.4) is 0 Å². The van der Waals surface area contributed by atoms with E-state index in [2.05, 4.69) is 0 Å². The molecule has 0 radical (unpaired) electrons.